The highest BCUT2D eigenvalue weighted by atomic mass is 19.1. The second kappa shape index (κ2) is 5.85. The molecule has 1 heterocycles. The molecule has 1 N–H and O–H groups in total. The van der Waals surface area contributed by atoms with Crippen LogP contribution in [-0.4, -0.2) is 5.11 Å². The largest absolute Gasteiger partial charge is 0.508 e. The summed E-state index contributed by atoms with van der Waals surface area (Å²) in [4.78, 5) is 0. The molecule has 118 valence electrons. The van der Waals surface area contributed by atoms with E-state index in [0.717, 1.165) is 27.8 Å². The number of benzene rings is 3. The van der Waals surface area contributed by atoms with Crippen molar-refractivity contribution in [2.75, 3.05) is 0 Å². The Kier molecular flexibility index (Phi) is 3.54. The number of hydrogen-bond donors (Lipinski definition) is 1. The molecule has 1 aliphatic heterocycles. The number of aromatic hydroxyl groups is 1. The molecule has 1 aliphatic rings. The smallest absolute Gasteiger partial charge is 0.130 e. The average Bonchev–Trinajstić information content (AvgIpc) is 2.73. The van der Waals surface area contributed by atoms with Gasteiger partial charge in [0.25, 0.3) is 0 Å². The van der Waals surface area contributed by atoms with Crippen molar-refractivity contribution in [1.82, 2.24) is 0 Å². The molecule has 4 rings (SSSR count). The van der Waals surface area contributed by atoms with Crippen molar-refractivity contribution in [3.63, 3.8) is 0 Å². The van der Waals surface area contributed by atoms with Crippen molar-refractivity contribution in [2.45, 2.75) is 6.61 Å². The lowest BCUT2D eigenvalue weighted by Gasteiger charge is -2.11. The third kappa shape index (κ3) is 2.65. The predicted octanol–water partition coefficient (Wildman–Crippen LogP) is 5.01. The number of rotatable bonds is 1. The van der Waals surface area contributed by atoms with Crippen LogP contribution in [0.2, 0.25) is 0 Å². The highest BCUT2D eigenvalue weighted by molar-refractivity contribution is 5.94. The lowest BCUT2D eigenvalue weighted by Crippen LogP contribution is -1.95. The van der Waals surface area contributed by atoms with E-state index < -0.39 is 0 Å². The topological polar surface area (TPSA) is 29.5 Å². The predicted molar refractivity (Wildman–Crippen MR) is 92.3 cm³/mol. The van der Waals surface area contributed by atoms with Crippen LogP contribution in [0.15, 0.2) is 66.7 Å². The summed E-state index contributed by atoms with van der Waals surface area (Å²) in [5.74, 6) is 0.413. The van der Waals surface area contributed by atoms with Crippen LogP contribution in [-0.2, 0) is 6.61 Å². The lowest BCUT2D eigenvalue weighted by molar-refractivity contribution is 0.305. The fourth-order valence-corrected chi connectivity index (χ4v) is 2.98. The van der Waals surface area contributed by atoms with E-state index in [2.05, 4.69) is 0 Å². The molecule has 0 fully saturated rings. The minimum atomic E-state index is -0.323. The van der Waals surface area contributed by atoms with Gasteiger partial charge in [-0.2, -0.15) is 0 Å². The molecular weight excluding hydrogens is 303 g/mol. The summed E-state index contributed by atoms with van der Waals surface area (Å²) in [6, 6.07) is 19.6. The first-order chi connectivity index (χ1) is 11.7. The van der Waals surface area contributed by atoms with Crippen LogP contribution in [0, 0.1) is 5.82 Å². The summed E-state index contributed by atoms with van der Waals surface area (Å²) in [6.45, 7) is 0.393. The monoisotopic (exact) mass is 318 g/mol. The van der Waals surface area contributed by atoms with Crippen molar-refractivity contribution in [3.8, 4) is 11.5 Å². The molecule has 0 spiro atoms. The Balaban J connectivity index is 1.97. The zero-order valence-electron chi connectivity index (χ0n) is 12.9. The van der Waals surface area contributed by atoms with Gasteiger partial charge >= 0.3 is 0 Å². The second-order valence-electron chi connectivity index (χ2n) is 5.74. The Morgan fingerprint density at radius 3 is 2.67 bits per heavy atom. The molecule has 0 aliphatic carbocycles. The van der Waals surface area contributed by atoms with E-state index in [4.69, 9.17) is 4.74 Å². The van der Waals surface area contributed by atoms with Crippen molar-refractivity contribution >= 4 is 11.6 Å². The maximum Gasteiger partial charge on any atom is 0.130 e. The molecule has 0 radical (unpaired) electrons. The molecule has 0 amide bonds. The van der Waals surface area contributed by atoms with E-state index in [1.807, 2.05) is 36.4 Å². The summed E-state index contributed by atoms with van der Waals surface area (Å²) >= 11 is 0. The molecule has 3 aromatic carbocycles. The quantitative estimate of drug-likeness (QED) is 0.683. The molecule has 0 unspecified atom stereocenters. The van der Waals surface area contributed by atoms with E-state index in [1.54, 1.807) is 24.3 Å². The van der Waals surface area contributed by atoms with E-state index in [0.29, 0.717) is 12.4 Å². The fraction of sp³-hybridized carbons (Fsp3) is 0.0476. The van der Waals surface area contributed by atoms with Crippen LogP contribution < -0.4 is 4.74 Å². The van der Waals surface area contributed by atoms with Gasteiger partial charge in [0, 0.05) is 11.6 Å². The molecule has 3 heteroatoms. The van der Waals surface area contributed by atoms with Gasteiger partial charge in [0.1, 0.15) is 23.9 Å². The summed E-state index contributed by atoms with van der Waals surface area (Å²) in [5.41, 5.74) is 4.75. The molecule has 2 nitrogen and oxygen atoms in total. The van der Waals surface area contributed by atoms with Crippen molar-refractivity contribution in [1.29, 1.82) is 0 Å². The number of halogens is 1. The Bertz CT molecular complexity index is 944. The Morgan fingerprint density at radius 1 is 0.917 bits per heavy atom. The third-order valence-electron chi connectivity index (χ3n) is 4.11. The standard InChI is InChI=1S/C21H15FO2/c22-16-8-9-19-20(11-14-4-3-6-17(23)10-14)18-7-2-1-5-15(18)13-24-21(19)12-16/h1-12,23H,13H2/b20-11-. The lowest BCUT2D eigenvalue weighted by atomic mass is 9.92. The number of phenols is 1. The van der Waals surface area contributed by atoms with Gasteiger partial charge in [-0.1, -0.05) is 36.4 Å². The molecular formula is C21H15FO2. The highest BCUT2D eigenvalue weighted by Crippen LogP contribution is 2.38. The fourth-order valence-electron chi connectivity index (χ4n) is 2.98. The van der Waals surface area contributed by atoms with Gasteiger partial charge in [-0.05, 0) is 52.6 Å². The van der Waals surface area contributed by atoms with E-state index >= 15 is 0 Å². The molecule has 0 saturated carbocycles. The average molecular weight is 318 g/mol. The normalized spacial score (nSPS) is 14.5. The summed E-state index contributed by atoms with van der Waals surface area (Å²) in [7, 11) is 0. The van der Waals surface area contributed by atoms with E-state index in [9.17, 15) is 9.50 Å². The Hall–Kier alpha value is -3.07. The van der Waals surface area contributed by atoms with Gasteiger partial charge in [0.15, 0.2) is 0 Å². The first-order valence-corrected chi connectivity index (χ1v) is 7.72. The highest BCUT2D eigenvalue weighted by Gasteiger charge is 2.19. The summed E-state index contributed by atoms with van der Waals surface area (Å²) in [6.07, 6.45) is 1.99. The second-order valence-corrected chi connectivity index (χ2v) is 5.74. The molecule has 24 heavy (non-hydrogen) atoms. The maximum absolute atomic E-state index is 13.6. The first kappa shape index (κ1) is 14.5. The zero-order chi connectivity index (χ0) is 16.5. The summed E-state index contributed by atoms with van der Waals surface area (Å²) in [5, 5.41) is 9.72. The number of fused-ring (bicyclic) bond motifs is 2. The molecule has 3 aromatic rings. The van der Waals surface area contributed by atoms with Crippen molar-refractivity contribution in [2.24, 2.45) is 0 Å². The van der Waals surface area contributed by atoms with Crippen molar-refractivity contribution in [3.05, 3.63) is 94.8 Å². The van der Waals surface area contributed by atoms with Gasteiger partial charge in [0.2, 0.25) is 0 Å². The SMILES string of the molecule is Oc1cccc(/C=C2/c3ccccc3COc3cc(F)ccc32)c1. The van der Waals surface area contributed by atoms with Crippen LogP contribution in [0.5, 0.6) is 11.5 Å². The van der Waals surface area contributed by atoms with Gasteiger partial charge in [-0.3, -0.25) is 0 Å². The molecule has 0 saturated heterocycles. The first-order valence-electron chi connectivity index (χ1n) is 7.72. The number of ether oxygens (including phenoxy) is 1. The molecule has 0 aromatic heterocycles. The van der Waals surface area contributed by atoms with Crippen LogP contribution in [0.1, 0.15) is 22.3 Å². The van der Waals surface area contributed by atoms with Crippen LogP contribution in [0.3, 0.4) is 0 Å². The zero-order valence-corrected chi connectivity index (χ0v) is 12.9. The number of phenolic OH excluding ortho intramolecular Hbond substituents is 1. The molecule has 0 bridgehead atoms. The Morgan fingerprint density at radius 2 is 1.79 bits per heavy atom. The number of hydrogen-bond acceptors (Lipinski definition) is 2. The van der Waals surface area contributed by atoms with Crippen LogP contribution >= 0.6 is 0 Å². The third-order valence-corrected chi connectivity index (χ3v) is 4.11. The minimum Gasteiger partial charge on any atom is -0.508 e. The van der Waals surface area contributed by atoms with Gasteiger partial charge in [-0.15, -0.1) is 0 Å². The Labute approximate surface area is 139 Å². The van der Waals surface area contributed by atoms with Gasteiger partial charge in [0.05, 0.1) is 0 Å². The van der Waals surface area contributed by atoms with E-state index in [-0.39, 0.29) is 11.6 Å². The van der Waals surface area contributed by atoms with Crippen molar-refractivity contribution < 1.29 is 14.2 Å². The van der Waals surface area contributed by atoms with Crippen LogP contribution in [0.25, 0.3) is 11.6 Å². The van der Waals surface area contributed by atoms with E-state index in [1.165, 1.54) is 12.1 Å². The summed E-state index contributed by atoms with van der Waals surface area (Å²) < 4.78 is 19.4. The van der Waals surface area contributed by atoms with Crippen LogP contribution in [0.4, 0.5) is 4.39 Å². The minimum absolute atomic E-state index is 0.210. The van der Waals surface area contributed by atoms with Gasteiger partial charge < -0.3 is 9.84 Å². The molecule has 0 atom stereocenters. The van der Waals surface area contributed by atoms with Gasteiger partial charge in [-0.25, -0.2) is 4.39 Å². The maximum atomic E-state index is 13.6.